The molecule has 2 heterocycles. The van der Waals surface area contributed by atoms with Crippen molar-refractivity contribution in [3.8, 4) is 11.3 Å². The molecule has 0 saturated heterocycles. The van der Waals surface area contributed by atoms with E-state index in [1.54, 1.807) is 25.3 Å². The largest absolute Gasteiger partial charge is 0.383 e. The molecule has 4 aromatic rings. The van der Waals surface area contributed by atoms with E-state index in [0.29, 0.717) is 52.7 Å². The Morgan fingerprint density at radius 2 is 1.89 bits per heavy atom. The fourth-order valence-electron chi connectivity index (χ4n) is 3.87. The number of hydrogen-bond acceptors (Lipinski definition) is 6. The molecule has 0 atom stereocenters. The summed E-state index contributed by atoms with van der Waals surface area (Å²) < 4.78 is 10.5. The van der Waals surface area contributed by atoms with Gasteiger partial charge in [0, 0.05) is 36.5 Å². The summed E-state index contributed by atoms with van der Waals surface area (Å²) in [5.41, 5.74) is 3.74. The lowest BCUT2D eigenvalue weighted by molar-refractivity contribution is 0.0936. The molecule has 0 aliphatic heterocycles. The van der Waals surface area contributed by atoms with Gasteiger partial charge in [0.2, 0.25) is 0 Å². The minimum absolute atomic E-state index is 0.228. The Kier molecular flexibility index (Phi) is 6.48. The molecule has 2 aromatic heterocycles. The van der Waals surface area contributed by atoms with Crippen LogP contribution in [0.25, 0.3) is 22.4 Å². The molecule has 5 rings (SSSR count). The number of ether oxygens (including phenoxy) is 1. The molecule has 178 valence electrons. The maximum atomic E-state index is 13.5. The number of nitrogens with one attached hydrogen (secondary N) is 2. The number of fused-ring (bicyclic) bond motifs is 1. The molecular weight excluding hydrogens is 468 g/mol. The van der Waals surface area contributed by atoms with E-state index in [4.69, 9.17) is 20.9 Å². The Balaban J connectivity index is 1.46. The van der Waals surface area contributed by atoms with E-state index in [1.807, 2.05) is 36.4 Å². The maximum Gasteiger partial charge on any atom is 0.259 e. The molecule has 8 nitrogen and oxygen atoms in total. The molecule has 1 fully saturated rings. The molecule has 1 aliphatic rings. The minimum atomic E-state index is -0.340. The van der Waals surface area contributed by atoms with Crippen LogP contribution in [-0.4, -0.2) is 42.2 Å². The third-order valence-corrected chi connectivity index (χ3v) is 6.13. The molecule has 0 bridgehead atoms. The number of amides is 2. The molecule has 2 N–H and O–H groups in total. The SMILES string of the molecule is COCCNC(=O)c1ccc(NC(=O)c2cc(C3CC3)nc3onc(-c4ccccc4)c23)cc1Cl. The predicted molar refractivity (Wildman–Crippen MR) is 133 cm³/mol. The van der Waals surface area contributed by atoms with Crippen molar-refractivity contribution in [2.24, 2.45) is 0 Å². The predicted octanol–water partition coefficient (Wildman–Crippen LogP) is 5.05. The molecule has 2 amide bonds. The quantitative estimate of drug-likeness (QED) is 0.335. The average Bonchev–Trinajstić information content (AvgIpc) is 3.63. The summed E-state index contributed by atoms with van der Waals surface area (Å²) >= 11 is 6.35. The Hall–Kier alpha value is -3.75. The second-order valence-electron chi connectivity index (χ2n) is 8.34. The first kappa shape index (κ1) is 23.0. The highest BCUT2D eigenvalue weighted by atomic mass is 35.5. The van der Waals surface area contributed by atoms with E-state index in [-0.39, 0.29) is 16.8 Å². The summed E-state index contributed by atoms with van der Waals surface area (Å²) in [5.74, 6) is -0.332. The second kappa shape index (κ2) is 9.85. The first-order valence-electron chi connectivity index (χ1n) is 11.3. The van der Waals surface area contributed by atoms with E-state index in [1.165, 1.54) is 0 Å². The number of carbonyl (C=O) groups excluding carboxylic acids is 2. The van der Waals surface area contributed by atoms with E-state index in [0.717, 1.165) is 24.1 Å². The highest BCUT2D eigenvalue weighted by molar-refractivity contribution is 6.34. The van der Waals surface area contributed by atoms with E-state index in [9.17, 15) is 9.59 Å². The van der Waals surface area contributed by atoms with Crippen LogP contribution in [-0.2, 0) is 4.74 Å². The van der Waals surface area contributed by atoms with E-state index < -0.39 is 0 Å². The normalized spacial score (nSPS) is 13.1. The Morgan fingerprint density at radius 1 is 1.09 bits per heavy atom. The van der Waals surface area contributed by atoms with Crippen molar-refractivity contribution in [2.45, 2.75) is 18.8 Å². The van der Waals surface area contributed by atoms with Crippen LogP contribution >= 0.6 is 11.6 Å². The van der Waals surface area contributed by atoms with Gasteiger partial charge in [0.1, 0.15) is 5.69 Å². The zero-order valence-corrected chi connectivity index (χ0v) is 19.8. The molecule has 1 aliphatic carbocycles. The van der Waals surface area contributed by atoms with Crippen LogP contribution in [0.5, 0.6) is 0 Å². The molecular formula is C26H23ClN4O4. The molecule has 2 aromatic carbocycles. The third kappa shape index (κ3) is 4.89. The van der Waals surface area contributed by atoms with Gasteiger partial charge in [0.15, 0.2) is 0 Å². The highest BCUT2D eigenvalue weighted by Gasteiger charge is 2.29. The molecule has 0 unspecified atom stereocenters. The number of methoxy groups -OCH3 is 1. The molecule has 9 heteroatoms. The number of aromatic nitrogens is 2. The molecule has 0 radical (unpaired) electrons. The van der Waals surface area contributed by atoms with Crippen LogP contribution < -0.4 is 10.6 Å². The van der Waals surface area contributed by atoms with Gasteiger partial charge in [0.25, 0.3) is 17.5 Å². The summed E-state index contributed by atoms with van der Waals surface area (Å²) in [6, 6.07) is 16.1. The van der Waals surface area contributed by atoms with Crippen LogP contribution in [0, 0.1) is 0 Å². The lowest BCUT2D eigenvalue weighted by Crippen LogP contribution is -2.27. The standard InChI is InChI=1S/C26H23ClN4O4/c1-34-12-11-28-24(32)18-10-9-17(13-20(18)27)29-25(33)19-14-21(15-7-8-15)30-26-22(19)23(31-35-26)16-5-3-2-4-6-16/h2-6,9-10,13-15H,7-8,11-12H2,1H3,(H,28,32)(H,29,33). The second-order valence-corrected chi connectivity index (χ2v) is 8.75. The topological polar surface area (TPSA) is 106 Å². The fourth-order valence-corrected chi connectivity index (χ4v) is 4.13. The average molecular weight is 491 g/mol. The van der Waals surface area contributed by atoms with E-state index in [2.05, 4.69) is 20.8 Å². The van der Waals surface area contributed by atoms with Crippen molar-refractivity contribution < 1.29 is 18.8 Å². The monoisotopic (exact) mass is 490 g/mol. The van der Waals surface area contributed by atoms with Crippen molar-refractivity contribution in [1.82, 2.24) is 15.5 Å². The maximum absolute atomic E-state index is 13.5. The smallest absolute Gasteiger partial charge is 0.259 e. The van der Waals surface area contributed by atoms with Crippen LogP contribution in [0.3, 0.4) is 0 Å². The lowest BCUT2D eigenvalue weighted by atomic mass is 10.0. The van der Waals surface area contributed by atoms with Gasteiger partial charge in [-0.3, -0.25) is 9.59 Å². The number of halogens is 1. The summed E-state index contributed by atoms with van der Waals surface area (Å²) in [6.07, 6.45) is 2.06. The van der Waals surface area contributed by atoms with Crippen molar-refractivity contribution in [1.29, 1.82) is 0 Å². The van der Waals surface area contributed by atoms with Crippen LogP contribution in [0.1, 0.15) is 45.2 Å². The molecule has 35 heavy (non-hydrogen) atoms. The van der Waals surface area contributed by atoms with Gasteiger partial charge in [-0.15, -0.1) is 0 Å². The zero-order chi connectivity index (χ0) is 24.4. The van der Waals surface area contributed by atoms with E-state index >= 15 is 0 Å². The first-order chi connectivity index (χ1) is 17.0. The summed E-state index contributed by atoms with van der Waals surface area (Å²) in [5, 5.41) is 10.6. The van der Waals surface area contributed by atoms with Gasteiger partial charge in [-0.2, -0.15) is 0 Å². The number of pyridine rings is 1. The fraction of sp³-hybridized carbons (Fsp3) is 0.231. The van der Waals surface area contributed by atoms with Crippen LogP contribution in [0.2, 0.25) is 5.02 Å². The Labute approximate surface area is 206 Å². The number of hydrogen-bond donors (Lipinski definition) is 2. The number of carbonyl (C=O) groups is 2. The van der Waals surface area contributed by atoms with Crippen molar-refractivity contribution in [2.75, 3.05) is 25.6 Å². The Bertz CT molecular complexity index is 1400. The number of nitrogens with zero attached hydrogens (tertiary/aromatic N) is 2. The summed E-state index contributed by atoms with van der Waals surface area (Å²) in [4.78, 5) is 30.4. The molecule has 1 saturated carbocycles. The summed E-state index contributed by atoms with van der Waals surface area (Å²) in [6.45, 7) is 0.766. The van der Waals surface area contributed by atoms with Crippen LogP contribution in [0.4, 0.5) is 5.69 Å². The van der Waals surface area contributed by atoms with Crippen molar-refractivity contribution in [3.05, 3.63) is 76.4 Å². The van der Waals surface area contributed by atoms with Gasteiger partial charge in [-0.1, -0.05) is 47.1 Å². The van der Waals surface area contributed by atoms with Gasteiger partial charge < -0.3 is 19.9 Å². The summed E-state index contributed by atoms with van der Waals surface area (Å²) in [7, 11) is 1.56. The van der Waals surface area contributed by atoms with Crippen LogP contribution in [0.15, 0.2) is 59.1 Å². The lowest BCUT2D eigenvalue weighted by Gasteiger charge is -2.11. The van der Waals surface area contributed by atoms with Gasteiger partial charge in [0.05, 0.1) is 28.1 Å². The van der Waals surface area contributed by atoms with Gasteiger partial charge in [-0.05, 0) is 37.1 Å². The Morgan fingerprint density at radius 3 is 2.60 bits per heavy atom. The highest BCUT2D eigenvalue weighted by Crippen LogP contribution is 2.41. The third-order valence-electron chi connectivity index (χ3n) is 5.82. The molecule has 0 spiro atoms. The number of rotatable bonds is 8. The van der Waals surface area contributed by atoms with Crippen molar-refractivity contribution in [3.63, 3.8) is 0 Å². The number of benzene rings is 2. The van der Waals surface area contributed by atoms with Gasteiger partial charge >= 0.3 is 0 Å². The van der Waals surface area contributed by atoms with Crippen molar-refractivity contribution >= 4 is 40.2 Å². The minimum Gasteiger partial charge on any atom is -0.383 e. The number of anilines is 1. The first-order valence-corrected chi connectivity index (χ1v) is 11.7. The zero-order valence-electron chi connectivity index (χ0n) is 19.0. The van der Waals surface area contributed by atoms with Gasteiger partial charge in [-0.25, -0.2) is 4.98 Å².